The molecule has 35 heavy (non-hydrogen) atoms. The van der Waals surface area contributed by atoms with Gasteiger partial charge in [-0.15, -0.1) is 11.3 Å². The minimum absolute atomic E-state index is 0.521. The fourth-order valence-corrected chi connectivity index (χ4v) is 4.74. The van der Waals surface area contributed by atoms with Crippen LogP contribution in [0.15, 0.2) is 72.8 Å². The van der Waals surface area contributed by atoms with Crippen molar-refractivity contribution in [2.75, 3.05) is 51.4 Å². The predicted molar refractivity (Wildman–Crippen MR) is 141 cm³/mol. The van der Waals surface area contributed by atoms with Crippen LogP contribution < -0.4 is 5.32 Å². The predicted octanol–water partition coefficient (Wildman–Crippen LogP) is 5.18. The molecule has 4 bridgehead atoms. The Hall–Kier alpha value is -2.78. The zero-order chi connectivity index (χ0) is 24.1. The second kappa shape index (κ2) is 13.9. The third-order valence-corrected chi connectivity index (χ3v) is 6.80. The Morgan fingerprint density at radius 3 is 2.83 bits per heavy atom. The van der Waals surface area contributed by atoms with Crippen LogP contribution in [0.3, 0.4) is 0 Å². The van der Waals surface area contributed by atoms with Gasteiger partial charge >= 0.3 is 0 Å². The molecule has 4 rings (SSSR count). The highest BCUT2D eigenvalue weighted by atomic mass is 32.1. The van der Waals surface area contributed by atoms with Crippen LogP contribution in [0.2, 0.25) is 0 Å². The summed E-state index contributed by atoms with van der Waals surface area (Å²) in [6.07, 6.45) is 14.7. The Kier molecular flexibility index (Phi) is 10.1. The summed E-state index contributed by atoms with van der Waals surface area (Å²) in [4.78, 5) is 13.7. The number of likely N-dealkylation sites (tertiary alicyclic amines) is 1. The van der Waals surface area contributed by atoms with Gasteiger partial charge in [0.2, 0.25) is 5.95 Å². The Balaban J connectivity index is 1.49. The summed E-state index contributed by atoms with van der Waals surface area (Å²) in [6, 6.07) is 6.07. The van der Waals surface area contributed by atoms with E-state index in [1.807, 2.05) is 30.4 Å². The Morgan fingerprint density at radius 2 is 1.97 bits per heavy atom. The molecule has 2 aromatic heterocycles. The highest BCUT2D eigenvalue weighted by molar-refractivity contribution is 7.15. The first-order valence-electron chi connectivity index (χ1n) is 12.2. The first kappa shape index (κ1) is 25.3. The second-order valence-corrected chi connectivity index (χ2v) is 9.49. The van der Waals surface area contributed by atoms with E-state index in [2.05, 4.69) is 33.9 Å². The fraction of sp³-hybridized carbons (Fsp3) is 0.407. The van der Waals surface area contributed by atoms with Crippen LogP contribution in [-0.4, -0.2) is 60.9 Å². The van der Waals surface area contributed by atoms with Crippen molar-refractivity contribution in [3.8, 4) is 10.6 Å². The molecule has 2 aliphatic heterocycles. The fourth-order valence-electron chi connectivity index (χ4n) is 3.83. The lowest BCUT2D eigenvalue weighted by atomic mass is 10.3. The molecule has 1 saturated heterocycles. The van der Waals surface area contributed by atoms with Crippen molar-refractivity contribution in [1.29, 1.82) is 0 Å². The summed E-state index contributed by atoms with van der Waals surface area (Å²) in [5.41, 5.74) is 1.66. The number of fused-ring (bicyclic) bond motifs is 5. The van der Waals surface area contributed by atoms with Crippen LogP contribution in [0.25, 0.3) is 10.6 Å². The van der Waals surface area contributed by atoms with Crippen LogP contribution in [0, 0.1) is 0 Å². The molecular formula is C27H34N4O3S. The number of rotatable bonds is 5. The van der Waals surface area contributed by atoms with Gasteiger partial charge in [0.05, 0.1) is 42.8 Å². The maximum atomic E-state index is 6.13. The summed E-state index contributed by atoms with van der Waals surface area (Å²) < 4.78 is 17.7. The Bertz CT molecular complexity index is 1040. The molecule has 7 nitrogen and oxygen atoms in total. The van der Waals surface area contributed by atoms with Gasteiger partial charge in [-0.05, 0) is 62.4 Å². The van der Waals surface area contributed by atoms with Crippen molar-refractivity contribution in [3.63, 3.8) is 0 Å². The first-order chi connectivity index (χ1) is 17.3. The molecule has 0 aliphatic carbocycles. The Labute approximate surface area is 211 Å². The van der Waals surface area contributed by atoms with Gasteiger partial charge in [-0.1, -0.05) is 18.7 Å². The summed E-state index contributed by atoms with van der Waals surface area (Å²) in [5, 5.41) is 3.26. The van der Waals surface area contributed by atoms with E-state index in [-0.39, 0.29) is 0 Å². The lowest BCUT2D eigenvalue weighted by Crippen LogP contribution is -2.24. The van der Waals surface area contributed by atoms with Gasteiger partial charge in [-0.25, -0.2) is 9.97 Å². The summed E-state index contributed by atoms with van der Waals surface area (Å²) in [7, 11) is 0. The molecule has 0 spiro atoms. The molecule has 0 atom stereocenters. The number of thiophene rings is 1. The SMILES string of the molecule is C=C/C1=C\C=C(\OCCN2CCCC2)CCOC/C=C/COCc2ccc(s2)-c2ccnc(n2)N1. The number of aromatic nitrogens is 2. The highest BCUT2D eigenvalue weighted by Gasteiger charge is 2.11. The van der Waals surface area contributed by atoms with E-state index in [4.69, 9.17) is 19.2 Å². The zero-order valence-corrected chi connectivity index (χ0v) is 21.0. The monoisotopic (exact) mass is 494 g/mol. The van der Waals surface area contributed by atoms with Crippen molar-refractivity contribution >= 4 is 17.3 Å². The average molecular weight is 495 g/mol. The van der Waals surface area contributed by atoms with E-state index >= 15 is 0 Å². The smallest absolute Gasteiger partial charge is 0.227 e. The maximum absolute atomic E-state index is 6.13. The van der Waals surface area contributed by atoms with Gasteiger partial charge in [0.25, 0.3) is 0 Å². The average Bonchev–Trinajstić information content (AvgIpc) is 3.57. The molecule has 1 fully saturated rings. The minimum Gasteiger partial charge on any atom is -0.497 e. The van der Waals surface area contributed by atoms with Crippen LogP contribution in [0.1, 0.15) is 24.1 Å². The topological polar surface area (TPSA) is 68.7 Å². The summed E-state index contributed by atoms with van der Waals surface area (Å²) in [5.74, 6) is 1.40. The van der Waals surface area contributed by atoms with Crippen LogP contribution >= 0.6 is 11.3 Å². The van der Waals surface area contributed by atoms with E-state index in [1.54, 1.807) is 23.6 Å². The van der Waals surface area contributed by atoms with Gasteiger partial charge in [-0.2, -0.15) is 0 Å². The van der Waals surface area contributed by atoms with Crippen molar-refractivity contribution in [2.24, 2.45) is 0 Å². The molecule has 4 heterocycles. The van der Waals surface area contributed by atoms with E-state index in [9.17, 15) is 0 Å². The molecule has 2 aromatic rings. The van der Waals surface area contributed by atoms with Gasteiger partial charge in [-0.3, -0.25) is 4.90 Å². The molecule has 0 aromatic carbocycles. The number of hydrogen-bond acceptors (Lipinski definition) is 8. The molecule has 0 saturated carbocycles. The van der Waals surface area contributed by atoms with Crippen molar-refractivity contribution in [3.05, 3.63) is 77.7 Å². The number of allylic oxidation sites excluding steroid dienone is 3. The summed E-state index contributed by atoms with van der Waals surface area (Å²) in [6.45, 7) is 10.1. The quantitative estimate of drug-likeness (QED) is 0.575. The number of hydrogen-bond donors (Lipinski definition) is 1. The zero-order valence-electron chi connectivity index (χ0n) is 20.2. The van der Waals surface area contributed by atoms with E-state index in [1.165, 1.54) is 12.8 Å². The normalized spacial score (nSPS) is 22.2. The highest BCUT2D eigenvalue weighted by Crippen LogP contribution is 2.27. The number of ether oxygens (including phenoxy) is 3. The standard InChI is InChI=1S/C27H34N4O3S/c1-2-22-7-8-23(34-20-16-31-14-3-4-15-31)12-19-32-17-5-6-18-33-21-24-9-10-26(35-24)25-11-13-28-27(29-22)30-25/h2,5-11,13H,1,3-4,12,14-21H2,(H,28,29,30)/b6-5+,22-7+,23-8+. The molecule has 186 valence electrons. The van der Waals surface area contributed by atoms with E-state index in [0.717, 1.165) is 46.5 Å². The number of nitrogens with zero attached hydrogens (tertiary/aromatic N) is 3. The van der Waals surface area contributed by atoms with E-state index < -0.39 is 0 Å². The largest absolute Gasteiger partial charge is 0.497 e. The first-order valence-corrected chi connectivity index (χ1v) is 13.0. The lowest BCUT2D eigenvalue weighted by Gasteiger charge is -2.16. The Morgan fingerprint density at radius 1 is 1.11 bits per heavy atom. The third kappa shape index (κ3) is 8.43. The van der Waals surface area contributed by atoms with Crippen molar-refractivity contribution < 1.29 is 14.2 Å². The maximum Gasteiger partial charge on any atom is 0.227 e. The number of nitrogens with one attached hydrogen (secondary N) is 1. The van der Waals surface area contributed by atoms with Crippen molar-refractivity contribution in [1.82, 2.24) is 14.9 Å². The van der Waals surface area contributed by atoms with Crippen molar-refractivity contribution in [2.45, 2.75) is 25.9 Å². The lowest BCUT2D eigenvalue weighted by molar-refractivity contribution is 0.125. The molecular weight excluding hydrogens is 460 g/mol. The third-order valence-electron chi connectivity index (χ3n) is 5.72. The molecule has 0 amide bonds. The van der Waals surface area contributed by atoms with E-state index in [0.29, 0.717) is 45.4 Å². The molecule has 1 N–H and O–H groups in total. The van der Waals surface area contributed by atoms with Crippen LogP contribution in [-0.2, 0) is 20.8 Å². The molecule has 0 radical (unpaired) electrons. The minimum atomic E-state index is 0.521. The van der Waals surface area contributed by atoms with Crippen LogP contribution in [0.4, 0.5) is 5.95 Å². The number of anilines is 1. The molecule has 0 unspecified atom stereocenters. The van der Waals surface area contributed by atoms with Crippen LogP contribution in [0.5, 0.6) is 0 Å². The van der Waals surface area contributed by atoms with Gasteiger partial charge in [0.1, 0.15) is 6.61 Å². The van der Waals surface area contributed by atoms with Gasteiger partial charge < -0.3 is 19.5 Å². The van der Waals surface area contributed by atoms with Gasteiger partial charge in [0.15, 0.2) is 0 Å². The molecule has 8 heteroatoms. The summed E-state index contributed by atoms with van der Waals surface area (Å²) >= 11 is 1.67. The second-order valence-electron chi connectivity index (χ2n) is 8.32. The molecule has 2 aliphatic rings. The van der Waals surface area contributed by atoms with Gasteiger partial charge in [0, 0.05) is 29.7 Å².